The zero-order valence-electron chi connectivity index (χ0n) is 13.6. The number of rotatable bonds is 2. The average Bonchev–Trinajstić information content (AvgIpc) is 2.46. The van der Waals surface area contributed by atoms with Crippen LogP contribution in [0.15, 0.2) is 30.3 Å². The highest BCUT2D eigenvalue weighted by Gasteiger charge is 2.17. The smallest absolute Gasteiger partial charge is 0.256 e. The van der Waals surface area contributed by atoms with E-state index in [1.54, 1.807) is 0 Å². The van der Waals surface area contributed by atoms with E-state index in [0.717, 1.165) is 39.2 Å². The van der Waals surface area contributed by atoms with Crippen molar-refractivity contribution in [2.45, 2.75) is 33.6 Å². The van der Waals surface area contributed by atoms with Crippen LogP contribution in [0.2, 0.25) is 0 Å². The van der Waals surface area contributed by atoms with Crippen LogP contribution in [-0.2, 0) is 11.2 Å². The lowest BCUT2D eigenvalue weighted by atomic mass is 9.98. The van der Waals surface area contributed by atoms with E-state index in [2.05, 4.69) is 10.6 Å². The molecule has 1 heterocycles. The molecule has 0 bridgehead atoms. The normalized spacial score (nSPS) is 13.3. The van der Waals surface area contributed by atoms with E-state index < -0.39 is 0 Å². The van der Waals surface area contributed by atoms with Gasteiger partial charge in [0.25, 0.3) is 5.91 Å². The summed E-state index contributed by atoms with van der Waals surface area (Å²) in [6.45, 7) is 5.94. The molecule has 0 spiro atoms. The van der Waals surface area contributed by atoms with Crippen LogP contribution in [0.3, 0.4) is 0 Å². The van der Waals surface area contributed by atoms with E-state index in [-0.39, 0.29) is 11.8 Å². The monoisotopic (exact) mass is 308 g/mol. The summed E-state index contributed by atoms with van der Waals surface area (Å²) < 4.78 is 0. The van der Waals surface area contributed by atoms with Crippen molar-refractivity contribution in [3.63, 3.8) is 0 Å². The van der Waals surface area contributed by atoms with Gasteiger partial charge in [0.15, 0.2) is 0 Å². The summed E-state index contributed by atoms with van der Waals surface area (Å²) >= 11 is 0. The van der Waals surface area contributed by atoms with Crippen molar-refractivity contribution in [3.05, 3.63) is 58.1 Å². The predicted molar refractivity (Wildman–Crippen MR) is 92.0 cm³/mol. The number of benzene rings is 2. The molecule has 1 aliphatic rings. The number of carbonyl (C=O) groups excluding carboxylic acids is 2. The number of aryl methyl sites for hydroxylation is 4. The molecule has 4 nitrogen and oxygen atoms in total. The minimum Gasteiger partial charge on any atom is -0.326 e. The van der Waals surface area contributed by atoms with E-state index in [1.807, 2.05) is 51.1 Å². The molecule has 2 aromatic rings. The van der Waals surface area contributed by atoms with Gasteiger partial charge in [-0.15, -0.1) is 0 Å². The maximum Gasteiger partial charge on any atom is 0.256 e. The summed E-state index contributed by atoms with van der Waals surface area (Å²) in [5, 5.41) is 5.81. The van der Waals surface area contributed by atoms with Gasteiger partial charge in [0.2, 0.25) is 5.91 Å². The maximum atomic E-state index is 12.6. The summed E-state index contributed by atoms with van der Waals surface area (Å²) in [5.74, 6) is -0.0556. The van der Waals surface area contributed by atoms with Crippen LogP contribution in [0.1, 0.15) is 39.0 Å². The minimum atomic E-state index is -0.0974. The number of hydrogen-bond acceptors (Lipinski definition) is 2. The Morgan fingerprint density at radius 3 is 2.43 bits per heavy atom. The first-order valence-electron chi connectivity index (χ1n) is 7.76. The van der Waals surface area contributed by atoms with Gasteiger partial charge in [0, 0.05) is 23.4 Å². The molecule has 0 aliphatic carbocycles. The van der Waals surface area contributed by atoms with Crippen molar-refractivity contribution in [2.24, 2.45) is 0 Å². The Bertz CT molecular complexity index is 786. The van der Waals surface area contributed by atoms with Crippen molar-refractivity contribution in [3.8, 4) is 0 Å². The number of fused-ring (bicyclic) bond motifs is 1. The second-order valence-electron chi connectivity index (χ2n) is 6.15. The molecule has 2 amide bonds. The number of hydrogen-bond donors (Lipinski definition) is 2. The van der Waals surface area contributed by atoms with E-state index in [4.69, 9.17) is 0 Å². The van der Waals surface area contributed by atoms with Crippen LogP contribution in [0, 0.1) is 20.8 Å². The fraction of sp³-hybridized carbons (Fsp3) is 0.263. The summed E-state index contributed by atoms with van der Waals surface area (Å²) in [4.78, 5) is 24.0. The quantitative estimate of drug-likeness (QED) is 0.887. The van der Waals surface area contributed by atoms with Gasteiger partial charge in [-0.05, 0) is 62.1 Å². The van der Waals surface area contributed by atoms with Gasteiger partial charge in [-0.25, -0.2) is 0 Å². The van der Waals surface area contributed by atoms with E-state index in [1.165, 1.54) is 0 Å². The third-order valence-electron chi connectivity index (χ3n) is 4.16. The van der Waals surface area contributed by atoms with Crippen LogP contribution < -0.4 is 10.6 Å². The lowest BCUT2D eigenvalue weighted by molar-refractivity contribution is -0.116. The van der Waals surface area contributed by atoms with Gasteiger partial charge >= 0.3 is 0 Å². The molecule has 0 saturated carbocycles. The van der Waals surface area contributed by atoms with Crippen molar-refractivity contribution in [1.82, 2.24) is 0 Å². The van der Waals surface area contributed by atoms with Gasteiger partial charge in [0.05, 0.1) is 0 Å². The number of amides is 2. The average molecular weight is 308 g/mol. The zero-order valence-corrected chi connectivity index (χ0v) is 13.6. The molecular weight excluding hydrogens is 288 g/mol. The second kappa shape index (κ2) is 5.88. The molecule has 0 radical (unpaired) electrons. The van der Waals surface area contributed by atoms with Gasteiger partial charge in [-0.1, -0.05) is 17.7 Å². The molecule has 0 fully saturated rings. The molecule has 0 aromatic heterocycles. The predicted octanol–water partition coefficient (Wildman–Crippen LogP) is 3.75. The Kier molecular flexibility index (Phi) is 3.90. The summed E-state index contributed by atoms with van der Waals surface area (Å²) in [6.07, 6.45) is 1.19. The fourth-order valence-electron chi connectivity index (χ4n) is 3.19. The number of carbonyl (C=O) groups is 2. The van der Waals surface area contributed by atoms with Gasteiger partial charge in [0.1, 0.15) is 0 Å². The molecule has 23 heavy (non-hydrogen) atoms. The van der Waals surface area contributed by atoms with Crippen molar-refractivity contribution in [1.29, 1.82) is 0 Å². The maximum absolute atomic E-state index is 12.6. The van der Waals surface area contributed by atoms with Gasteiger partial charge < -0.3 is 10.6 Å². The molecule has 0 atom stereocenters. The Hall–Kier alpha value is -2.62. The third-order valence-corrected chi connectivity index (χ3v) is 4.16. The Morgan fingerprint density at radius 1 is 1.04 bits per heavy atom. The first kappa shape index (κ1) is 15.3. The summed E-state index contributed by atoms with van der Waals surface area (Å²) in [7, 11) is 0. The Labute approximate surface area is 135 Å². The van der Waals surface area contributed by atoms with Crippen LogP contribution in [0.4, 0.5) is 11.4 Å². The zero-order chi connectivity index (χ0) is 16.6. The van der Waals surface area contributed by atoms with Crippen LogP contribution in [-0.4, -0.2) is 11.8 Å². The van der Waals surface area contributed by atoms with Gasteiger partial charge in [-0.2, -0.15) is 0 Å². The SMILES string of the molecule is Cc1cc(C)c(C(=O)Nc2ccc3c(c2)CCC(=O)N3)c(C)c1. The number of anilines is 2. The van der Waals surface area contributed by atoms with Gasteiger partial charge in [-0.3, -0.25) is 9.59 Å². The molecule has 3 rings (SSSR count). The first-order valence-corrected chi connectivity index (χ1v) is 7.76. The highest BCUT2D eigenvalue weighted by molar-refractivity contribution is 6.06. The van der Waals surface area contributed by atoms with Crippen LogP contribution in [0.25, 0.3) is 0 Å². The van der Waals surface area contributed by atoms with E-state index in [9.17, 15) is 9.59 Å². The second-order valence-corrected chi connectivity index (χ2v) is 6.15. The highest BCUT2D eigenvalue weighted by Crippen LogP contribution is 2.26. The van der Waals surface area contributed by atoms with Crippen molar-refractivity contribution >= 4 is 23.2 Å². The first-order chi connectivity index (χ1) is 10.9. The van der Waals surface area contributed by atoms with Crippen LogP contribution in [0.5, 0.6) is 0 Å². The van der Waals surface area contributed by atoms with Crippen LogP contribution >= 0.6 is 0 Å². The Morgan fingerprint density at radius 2 is 1.74 bits per heavy atom. The largest absolute Gasteiger partial charge is 0.326 e. The fourth-order valence-corrected chi connectivity index (χ4v) is 3.19. The highest BCUT2D eigenvalue weighted by atomic mass is 16.2. The number of nitrogens with one attached hydrogen (secondary N) is 2. The molecule has 118 valence electrons. The molecular formula is C19H20N2O2. The third kappa shape index (κ3) is 3.11. The molecule has 0 saturated heterocycles. The molecule has 0 unspecified atom stereocenters. The molecule has 4 heteroatoms. The van der Waals surface area contributed by atoms with E-state index in [0.29, 0.717) is 12.8 Å². The Balaban J connectivity index is 1.85. The van der Waals surface area contributed by atoms with Crippen molar-refractivity contribution < 1.29 is 9.59 Å². The molecule has 2 N–H and O–H groups in total. The minimum absolute atomic E-state index is 0.0418. The molecule has 1 aliphatic heterocycles. The topological polar surface area (TPSA) is 58.2 Å². The standard InChI is InChI=1S/C19H20N2O2/c1-11-8-12(2)18(13(3)9-11)19(23)20-15-5-6-16-14(10-15)4-7-17(22)21-16/h5-6,8-10H,4,7H2,1-3H3,(H,20,23)(H,21,22). The lowest BCUT2D eigenvalue weighted by Crippen LogP contribution is -2.20. The molecule has 2 aromatic carbocycles. The van der Waals surface area contributed by atoms with E-state index >= 15 is 0 Å². The summed E-state index contributed by atoms with van der Waals surface area (Å²) in [6, 6.07) is 9.64. The summed E-state index contributed by atoms with van der Waals surface area (Å²) in [5.41, 5.74) is 6.48. The lowest BCUT2D eigenvalue weighted by Gasteiger charge is -2.18. The van der Waals surface area contributed by atoms with Crippen molar-refractivity contribution in [2.75, 3.05) is 10.6 Å².